The fraction of sp³-hybridized carbons (Fsp3) is 0.214. The van der Waals surface area contributed by atoms with Crippen molar-refractivity contribution in [2.24, 2.45) is 0 Å². The lowest BCUT2D eigenvalue weighted by Gasteiger charge is -2.03. The number of anilines is 1. The van der Waals surface area contributed by atoms with Crippen LogP contribution in [0.1, 0.15) is 12.8 Å². The summed E-state index contributed by atoms with van der Waals surface area (Å²) in [7, 11) is 0. The van der Waals surface area contributed by atoms with Gasteiger partial charge in [0.05, 0.1) is 0 Å². The number of nitrogens with one attached hydrogen (secondary N) is 1. The molecule has 0 unspecified atom stereocenters. The Morgan fingerprint density at radius 3 is 2.68 bits per heavy atom. The normalized spacial score (nSPS) is 10.8. The van der Waals surface area contributed by atoms with Crippen molar-refractivity contribution < 1.29 is 4.42 Å². The summed E-state index contributed by atoms with van der Waals surface area (Å²) in [4.78, 5) is 12.9. The number of hydrogen-bond donors (Lipinski definition) is 1. The first-order chi connectivity index (χ1) is 9.26. The lowest BCUT2D eigenvalue weighted by Crippen LogP contribution is -2.01. The van der Waals surface area contributed by atoms with Gasteiger partial charge in [-0.2, -0.15) is 0 Å². The summed E-state index contributed by atoms with van der Waals surface area (Å²) in [5, 5.41) is 3.07. The number of oxazole rings is 1. The Kier molecular flexibility index (Phi) is 2.87. The maximum Gasteiger partial charge on any atom is 0.222 e. The first-order valence-corrected chi connectivity index (χ1v) is 6.20. The largest absolute Gasteiger partial charge is 0.441 e. The third-order valence-electron chi connectivity index (χ3n) is 2.81. The summed E-state index contributed by atoms with van der Waals surface area (Å²) >= 11 is 0. The number of aryl methyl sites for hydroxylation is 1. The quantitative estimate of drug-likeness (QED) is 0.778. The summed E-state index contributed by atoms with van der Waals surface area (Å²) in [5.41, 5.74) is 3.64. The van der Waals surface area contributed by atoms with Crippen molar-refractivity contribution in [3.05, 3.63) is 36.5 Å². The highest BCUT2D eigenvalue weighted by Gasteiger charge is 2.05. The van der Waals surface area contributed by atoms with Crippen molar-refractivity contribution in [2.75, 3.05) is 11.9 Å². The predicted octanol–water partition coefficient (Wildman–Crippen LogP) is 3.03. The van der Waals surface area contributed by atoms with E-state index in [1.807, 2.05) is 32.0 Å². The number of nitrogens with zero attached hydrogens (tertiary/aromatic N) is 3. The zero-order valence-electron chi connectivity index (χ0n) is 10.8. The molecule has 2 heterocycles. The fourth-order valence-electron chi connectivity index (χ4n) is 1.95. The molecule has 0 aliphatic heterocycles. The smallest absolute Gasteiger partial charge is 0.222 e. The van der Waals surface area contributed by atoms with Crippen LogP contribution < -0.4 is 5.32 Å². The van der Waals surface area contributed by atoms with Crippen LogP contribution in [-0.4, -0.2) is 21.5 Å². The highest BCUT2D eigenvalue weighted by atomic mass is 16.3. The molecule has 5 heteroatoms. The molecule has 0 bridgehead atoms. The van der Waals surface area contributed by atoms with Gasteiger partial charge >= 0.3 is 0 Å². The van der Waals surface area contributed by atoms with Crippen LogP contribution in [0.5, 0.6) is 0 Å². The number of hydrogen-bond acceptors (Lipinski definition) is 5. The van der Waals surface area contributed by atoms with Crippen LogP contribution >= 0.6 is 0 Å². The second-order valence-electron chi connectivity index (χ2n) is 4.24. The van der Waals surface area contributed by atoms with Gasteiger partial charge in [-0.15, -0.1) is 0 Å². The van der Waals surface area contributed by atoms with Crippen molar-refractivity contribution in [3.63, 3.8) is 0 Å². The Labute approximate surface area is 110 Å². The fourth-order valence-corrected chi connectivity index (χ4v) is 1.95. The Balaban J connectivity index is 1.98. The molecular formula is C14H14N4O. The number of rotatable bonds is 3. The van der Waals surface area contributed by atoms with E-state index < -0.39 is 0 Å². The molecule has 0 atom stereocenters. The number of benzene rings is 1. The molecule has 0 fully saturated rings. The third-order valence-corrected chi connectivity index (χ3v) is 2.81. The lowest BCUT2D eigenvalue weighted by molar-refractivity contribution is 0.561. The van der Waals surface area contributed by atoms with Gasteiger partial charge in [-0.1, -0.05) is 6.07 Å². The van der Waals surface area contributed by atoms with E-state index in [4.69, 9.17) is 4.42 Å². The van der Waals surface area contributed by atoms with E-state index in [0.29, 0.717) is 11.8 Å². The molecule has 0 spiro atoms. The average molecular weight is 254 g/mol. The maximum absolute atomic E-state index is 5.46. The highest BCUT2D eigenvalue weighted by Crippen LogP contribution is 2.24. The van der Waals surface area contributed by atoms with E-state index >= 15 is 0 Å². The predicted molar refractivity (Wildman–Crippen MR) is 73.9 cm³/mol. The Morgan fingerprint density at radius 1 is 1.16 bits per heavy atom. The van der Waals surface area contributed by atoms with Crippen LogP contribution in [-0.2, 0) is 0 Å². The van der Waals surface area contributed by atoms with E-state index in [-0.39, 0.29) is 0 Å². The van der Waals surface area contributed by atoms with Gasteiger partial charge in [-0.05, 0) is 24.6 Å². The second-order valence-corrected chi connectivity index (χ2v) is 4.24. The van der Waals surface area contributed by atoms with E-state index in [9.17, 15) is 0 Å². The summed E-state index contributed by atoms with van der Waals surface area (Å²) in [5.74, 6) is 1.32. The Morgan fingerprint density at radius 2 is 1.95 bits per heavy atom. The first-order valence-electron chi connectivity index (χ1n) is 6.20. The van der Waals surface area contributed by atoms with Crippen LogP contribution in [0.2, 0.25) is 0 Å². The minimum atomic E-state index is 0.643. The van der Waals surface area contributed by atoms with Crippen LogP contribution in [0.25, 0.3) is 22.2 Å². The van der Waals surface area contributed by atoms with Crippen molar-refractivity contribution in [2.45, 2.75) is 13.8 Å². The van der Waals surface area contributed by atoms with Crippen molar-refractivity contribution >= 4 is 17.0 Å². The topological polar surface area (TPSA) is 63.8 Å². The second kappa shape index (κ2) is 4.68. The molecule has 3 aromatic rings. The molecule has 0 amide bonds. The van der Waals surface area contributed by atoms with Gasteiger partial charge in [0.25, 0.3) is 0 Å². The van der Waals surface area contributed by atoms with Gasteiger partial charge in [-0.25, -0.2) is 15.0 Å². The number of aromatic nitrogens is 3. The van der Waals surface area contributed by atoms with Gasteiger partial charge in [0.15, 0.2) is 11.5 Å². The average Bonchev–Trinajstić information content (AvgIpc) is 2.79. The van der Waals surface area contributed by atoms with Gasteiger partial charge in [-0.3, -0.25) is 0 Å². The van der Waals surface area contributed by atoms with E-state index in [0.717, 1.165) is 28.8 Å². The monoisotopic (exact) mass is 254 g/mol. The zero-order chi connectivity index (χ0) is 13.2. The molecule has 0 aliphatic rings. The van der Waals surface area contributed by atoms with Crippen molar-refractivity contribution in [1.82, 2.24) is 15.0 Å². The van der Waals surface area contributed by atoms with E-state index in [2.05, 4.69) is 20.3 Å². The standard InChI is InChI=1S/C14H14N4O/c1-3-15-14-16-7-11(8-17-14)10-4-5-13-12(6-10)18-9(2)19-13/h4-8H,3H2,1-2H3,(H,15,16,17). The molecule has 2 aromatic heterocycles. The van der Waals surface area contributed by atoms with Crippen molar-refractivity contribution in [3.8, 4) is 11.1 Å². The summed E-state index contributed by atoms with van der Waals surface area (Å²) in [6.45, 7) is 4.66. The van der Waals surface area contributed by atoms with Crippen molar-refractivity contribution in [1.29, 1.82) is 0 Å². The lowest BCUT2D eigenvalue weighted by atomic mass is 10.1. The van der Waals surface area contributed by atoms with Crippen LogP contribution in [0.3, 0.4) is 0 Å². The number of fused-ring (bicyclic) bond motifs is 1. The molecule has 5 nitrogen and oxygen atoms in total. The minimum Gasteiger partial charge on any atom is -0.441 e. The molecule has 1 N–H and O–H groups in total. The van der Waals surface area contributed by atoms with Crippen LogP contribution in [0.4, 0.5) is 5.95 Å². The zero-order valence-corrected chi connectivity index (χ0v) is 10.8. The molecule has 1 aromatic carbocycles. The van der Waals surface area contributed by atoms with E-state index in [1.54, 1.807) is 12.4 Å². The molecule has 0 aliphatic carbocycles. The Bertz CT molecular complexity index is 703. The molecule has 19 heavy (non-hydrogen) atoms. The molecule has 96 valence electrons. The SMILES string of the molecule is CCNc1ncc(-c2ccc3oc(C)nc3c2)cn1. The van der Waals surface area contributed by atoms with E-state index in [1.165, 1.54) is 0 Å². The van der Waals surface area contributed by atoms with Crippen LogP contribution in [0.15, 0.2) is 35.0 Å². The van der Waals surface area contributed by atoms with Gasteiger partial charge in [0.2, 0.25) is 5.95 Å². The molecule has 0 radical (unpaired) electrons. The first kappa shape index (κ1) is 11.6. The molecular weight excluding hydrogens is 240 g/mol. The van der Waals surface area contributed by atoms with Gasteiger partial charge in [0, 0.05) is 31.4 Å². The molecule has 3 rings (SSSR count). The molecule has 0 saturated heterocycles. The molecule has 0 saturated carbocycles. The summed E-state index contributed by atoms with van der Waals surface area (Å²) < 4.78 is 5.46. The highest BCUT2D eigenvalue weighted by molar-refractivity contribution is 5.80. The third kappa shape index (κ3) is 2.27. The van der Waals surface area contributed by atoms with Gasteiger partial charge < -0.3 is 9.73 Å². The minimum absolute atomic E-state index is 0.643. The van der Waals surface area contributed by atoms with Gasteiger partial charge in [0.1, 0.15) is 5.52 Å². The summed E-state index contributed by atoms with van der Waals surface area (Å²) in [6, 6.07) is 5.89. The van der Waals surface area contributed by atoms with Crippen LogP contribution in [0, 0.1) is 6.92 Å². The Hall–Kier alpha value is -2.43. The summed E-state index contributed by atoms with van der Waals surface area (Å²) in [6.07, 6.45) is 3.61. The maximum atomic E-state index is 5.46.